The van der Waals surface area contributed by atoms with Gasteiger partial charge in [-0.25, -0.2) is 4.98 Å². The molecule has 1 fully saturated rings. The quantitative estimate of drug-likeness (QED) is 0.453. The van der Waals surface area contributed by atoms with Crippen molar-refractivity contribution in [2.45, 2.75) is 44.7 Å². The largest absolute Gasteiger partial charge is 0.496 e. The number of hydrogen-bond acceptors (Lipinski definition) is 6. The molecule has 34 heavy (non-hydrogen) atoms. The van der Waals surface area contributed by atoms with Crippen molar-refractivity contribution in [1.29, 1.82) is 0 Å². The fourth-order valence-corrected chi connectivity index (χ4v) is 5.15. The molecule has 1 aromatic heterocycles. The van der Waals surface area contributed by atoms with Gasteiger partial charge in [0.25, 0.3) is 0 Å². The molecule has 6 nitrogen and oxygen atoms in total. The van der Waals surface area contributed by atoms with Crippen molar-refractivity contribution in [3.05, 3.63) is 76.2 Å². The smallest absolute Gasteiger partial charge is 0.224 e. The van der Waals surface area contributed by atoms with Crippen molar-refractivity contribution in [3.8, 4) is 5.75 Å². The van der Waals surface area contributed by atoms with Gasteiger partial charge in [-0.15, -0.1) is 11.3 Å². The molecule has 7 heteroatoms. The number of nitrogens with one attached hydrogen (secondary N) is 2. The van der Waals surface area contributed by atoms with E-state index in [-0.39, 0.29) is 5.91 Å². The molecule has 0 spiro atoms. The molecule has 4 rings (SSSR count). The summed E-state index contributed by atoms with van der Waals surface area (Å²) >= 11 is 1.71. The molecule has 1 saturated heterocycles. The van der Waals surface area contributed by atoms with Crippen LogP contribution in [0.3, 0.4) is 0 Å². The standard InChI is InChI=1S/C27H34N4O2S/c1-20(27-29-15-18-34-27)30-23-12-16-31(17-13-23)24-9-7-21(8-10-24)19-26(32)28-14-11-22-5-3-4-6-25(22)33-2/h3-10,15,18,20,23,30H,11-14,16-17,19H2,1-2H3,(H,28,32)/t20-/m1/s1. The molecular formula is C27H34N4O2S. The van der Waals surface area contributed by atoms with E-state index in [9.17, 15) is 4.79 Å². The molecule has 1 aliphatic heterocycles. The van der Waals surface area contributed by atoms with Gasteiger partial charge in [-0.3, -0.25) is 4.79 Å². The summed E-state index contributed by atoms with van der Waals surface area (Å²) in [6, 6.07) is 17.2. The molecule has 2 heterocycles. The van der Waals surface area contributed by atoms with Gasteiger partial charge in [-0.2, -0.15) is 0 Å². The van der Waals surface area contributed by atoms with Crippen LogP contribution in [0.15, 0.2) is 60.1 Å². The van der Waals surface area contributed by atoms with Gasteiger partial charge in [0.1, 0.15) is 10.8 Å². The molecule has 0 unspecified atom stereocenters. The second kappa shape index (κ2) is 12.0. The number of carbonyl (C=O) groups excluding carboxylic acids is 1. The molecule has 0 aliphatic carbocycles. The van der Waals surface area contributed by atoms with Crippen molar-refractivity contribution >= 4 is 22.9 Å². The Bertz CT molecular complexity index is 1030. The topological polar surface area (TPSA) is 66.5 Å². The molecule has 0 radical (unpaired) electrons. The van der Waals surface area contributed by atoms with Crippen LogP contribution in [0.2, 0.25) is 0 Å². The number of nitrogens with zero attached hydrogens (tertiary/aromatic N) is 2. The van der Waals surface area contributed by atoms with Gasteiger partial charge in [0.05, 0.1) is 19.6 Å². The molecule has 1 amide bonds. The summed E-state index contributed by atoms with van der Waals surface area (Å²) in [5, 5.41) is 9.94. The number of ether oxygens (including phenoxy) is 1. The van der Waals surface area contributed by atoms with E-state index >= 15 is 0 Å². The fourth-order valence-electron chi connectivity index (χ4n) is 4.50. The minimum Gasteiger partial charge on any atom is -0.496 e. The maximum absolute atomic E-state index is 12.4. The van der Waals surface area contributed by atoms with Crippen LogP contribution in [-0.4, -0.2) is 43.7 Å². The number of anilines is 1. The Labute approximate surface area is 206 Å². The summed E-state index contributed by atoms with van der Waals surface area (Å²) in [6.07, 6.45) is 5.25. The highest BCUT2D eigenvalue weighted by molar-refractivity contribution is 7.09. The van der Waals surface area contributed by atoms with E-state index in [1.165, 1.54) is 5.69 Å². The van der Waals surface area contributed by atoms with Crippen LogP contribution in [0.25, 0.3) is 0 Å². The van der Waals surface area contributed by atoms with Crippen LogP contribution in [0.4, 0.5) is 5.69 Å². The number of aromatic nitrogens is 1. The lowest BCUT2D eigenvalue weighted by Gasteiger charge is -2.35. The Morgan fingerprint density at radius 1 is 1.18 bits per heavy atom. The first-order chi connectivity index (χ1) is 16.6. The third-order valence-corrected chi connectivity index (χ3v) is 7.34. The second-order valence-electron chi connectivity index (χ2n) is 8.78. The molecule has 1 aliphatic rings. The Kier molecular flexibility index (Phi) is 8.55. The molecule has 0 bridgehead atoms. The minimum absolute atomic E-state index is 0.0453. The monoisotopic (exact) mass is 478 g/mol. The maximum atomic E-state index is 12.4. The molecule has 1 atom stereocenters. The van der Waals surface area contributed by atoms with Crippen LogP contribution >= 0.6 is 11.3 Å². The minimum atomic E-state index is 0.0453. The summed E-state index contributed by atoms with van der Waals surface area (Å²) in [5.74, 6) is 0.907. The lowest BCUT2D eigenvalue weighted by Crippen LogP contribution is -2.43. The molecule has 180 valence electrons. The Morgan fingerprint density at radius 2 is 1.94 bits per heavy atom. The lowest BCUT2D eigenvalue weighted by atomic mass is 10.0. The summed E-state index contributed by atoms with van der Waals surface area (Å²) in [7, 11) is 1.67. The van der Waals surface area contributed by atoms with Gasteiger partial charge >= 0.3 is 0 Å². The SMILES string of the molecule is COc1ccccc1CCNC(=O)Cc1ccc(N2CCC(N[C@H](C)c3nccs3)CC2)cc1. The van der Waals surface area contributed by atoms with Crippen LogP contribution in [0.1, 0.15) is 41.9 Å². The molecular weight excluding hydrogens is 444 g/mol. The van der Waals surface area contributed by atoms with E-state index < -0.39 is 0 Å². The third kappa shape index (κ3) is 6.58. The number of carbonyl (C=O) groups is 1. The normalized spacial score (nSPS) is 15.2. The number of rotatable bonds is 10. The lowest BCUT2D eigenvalue weighted by molar-refractivity contribution is -0.120. The van der Waals surface area contributed by atoms with Crippen LogP contribution in [-0.2, 0) is 17.6 Å². The van der Waals surface area contributed by atoms with Crippen LogP contribution < -0.4 is 20.3 Å². The van der Waals surface area contributed by atoms with Gasteiger partial charge in [0.2, 0.25) is 5.91 Å². The predicted molar refractivity (Wildman–Crippen MR) is 139 cm³/mol. The highest BCUT2D eigenvalue weighted by Gasteiger charge is 2.22. The summed E-state index contributed by atoms with van der Waals surface area (Å²) in [5.41, 5.74) is 3.37. The van der Waals surface area contributed by atoms with E-state index in [1.807, 2.05) is 35.8 Å². The van der Waals surface area contributed by atoms with Gasteiger partial charge in [0, 0.05) is 42.9 Å². The van der Waals surface area contributed by atoms with Gasteiger partial charge in [-0.05, 0) is 55.5 Å². The van der Waals surface area contributed by atoms with E-state index in [4.69, 9.17) is 4.74 Å². The maximum Gasteiger partial charge on any atom is 0.224 e. The van der Waals surface area contributed by atoms with E-state index in [0.717, 1.165) is 54.2 Å². The predicted octanol–water partition coefficient (Wildman–Crippen LogP) is 4.37. The molecule has 2 N–H and O–H groups in total. The average Bonchev–Trinajstić information content (AvgIpc) is 3.41. The van der Waals surface area contributed by atoms with Gasteiger partial charge < -0.3 is 20.3 Å². The highest BCUT2D eigenvalue weighted by atomic mass is 32.1. The Balaban J connectivity index is 1.19. The number of benzene rings is 2. The molecule has 0 saturated carbocycles. The zero-order valence-corrected chi connectivity index (χ0v) is 20.8. The van der Waals surface area contributed by atoms with Crippen LogP contribution in [0, 0.1) is 0 Å². The number of thiazole rings is 1. The third-order valence-electron chi connectivity index (χ3n) is 6.38. The van der Waals surface area contributed by atoms with Crippen molar-refractivity contribution in [2.75, 3.05) is 31.6 Å². The first-order valence-electron chi connectivity index (χ1n) is 12.0. The van der Waals surface area contributed by atoms with Crippen molar-refractivity contribution in [3.63, 3.8) is 0 Å². The first-order valence-corrected chi connectivity index (χ1v) is 12.9. The number of piperidine rings is 1. The number of hydrogen-bond donors (Lipinski definition) is 2. The zero-order chi connectivity index (χ0) is 23.8. The summed E-state index contributed by atoms with van der Waals surface area (Å²) in [4.78, 5) is 19.2. The second-order valence-corrected chi connectivity index (χ2v) is 9.70. The Morgan fingerprint density at radius 3 is 2.65 bits per heavy atom. The van der Waals surface area contributed by atoms with Crippen LogP contribution in [0.5, 0.6) is 5.75 Å². The Hall–Kier alpha value is -2.90. The van der Waals surface area contributed by atoms with Crippen molar-refractivity contribution in [1.82, 2.24) is 15.6 Å². The number of para-hydroxylation sites is 1. The first kappa shape index (κ1) is 24.2. The average molecular weight is 479 g/mol. The fraction of sp³-hybridized carbons (Fsp3) is 0.407. The number of amides is 1. The highest BCUT2D eigenvalue weighted by Crippen LogP contribution is 2.23. The van der Waals surface area contributed by atoms with E-state index in [1.54, 1.807) is 18.4 Å². The van der Waals surface area contributed by atoms with Gasteiger partial charge in [0.15, 0.2) is 0 Å². The summed E-state index contributed by atoms with van der Waals surface area (Å²) in [6.45, 7) is 4.86. The van der Waals surface area contributed by atoms with Gasteiger partial charge in [-0.1, -0.05) is 30.3 Å². The van der Waals surface area contributed by atoms with E-state index in [2.05, 4.69) is 51.7 Å². The van der Waals surface area contributed by atoms with Crippen molar-refractivity contribution in [2.24, 2.45) is 0 Å². The molecule has 2 aromatic carbocycles. The van der Waals surface area contributed by atoms with E-state index in [0.29, 0.717) is 25.0 Å². The number of methoxy groups -OCH3 is 1. The molecule has 3 aromatic rings. The zero-order valence-electron chi connectivity index (χ0n) is 20.0. The van der Waals surface area contributed by atoms with Crippen molar-refractivity contribution < 1.29 is 9.53 Å². The summed E-state index contributed by atoms with van der Waals surface area (Å²) < 4.78 is 5.38.